The quantitative estimate of drug-likeness (QED) is 0.181. The Kier molecular flexibility index (Phi) is 6.31. The average molecular weight is 563 g/mol. The van der Waals surface area contributed by atoms with Crippen LogP contribution in [0.2, 0.25) is 0 Å². The van der Waals surface area contributed by atoms with Gasteiger partial charge in [-0.15, -0.1) is 0 Å². The normalized spacial score (nSPS) is 28.1. The number of aliphatic hydroxyl groups is 2. The van der Waals surface area contributed by atoms with Gasteiger partial charge in [0.25, 0.3) is 0 Å². The summed E-state index contributed by atoms with van der Waals surface area (Å²) in [6, 6.07) is 15.9. The van der Waals surface area contributed by atoms with Crippen LogP contribution in [0, 0.1) is 0 Å². The molecule has 8 N–H and O–H groups in total. The van der Waals surface area contributed by atoms with Gasteiger partial charge in [0.2, 0.25) is 17.6 Å². The summed E-state index contributed by atoms with van der Waals surface area (Å²) >= 11 is 0. The van der Waals surface area contributed by atoms with Crippen LogP contribution in [0.15, 0.2) is 70.6 Å². The van der Waals surface area contributed by atoms with Crippen molar-refractivity contribution in [3.8, 4) is 0 Å². The van der Waals surface area contributed by atoms with E-state index >= 15 is 0 Å². The number of ether oxygens (including phenoxy) is 1. The number of rotatable bonds is 6. The Balaban J connectivity index is 1.26. The molecule has 214 valence electrons. The van der Waals surface area contributed by atoms with Crippen LogP contribution in [0.5, 0.6) is 0 Å². The number of carbonyl (C=O) groups excluding carboxylic acids is 3. The van der Waals surface area contributed by atoms with Crippen LogP contribution < -0.4 is 22.1 Å². The third kappa shape index (κ3) is 4.22. The summed E-state index contributed by atoms with van der Waals surface area (Å²) in [5.41, 5.74) is 12.0. The van der Waals surface area contributed by atoms with Crippen molar-refractivity contribution in [2.45, 2.75) is 48.5 Å². The van der Waals surface area contributed by atoms with Crippen molar-refractivity contribution in [3.05, 3.63) is 71.8 Å². The summed E-state index contributed by atoms with van der Waals surface area (Å²) in [5.74, 6) is -3.74. The molecule has 0 bridgehead atoms. The van der Waals surface area contributed by atoms with Gasteiger partial charge in [0.05, 0.1) is 25.2 Å². The van der Waals surface area contributed by atoms with Gasteiger partial charge in [-0.2, -0.15) is 0 Å². The lowest BCUT2D eigenvalue weighted by atomic mass is 9.85. The standard InChI is InChI=1S/C27H30N8O6/c28-23-32-22-17(13-34-19(36)11-12-20(34)37)30-24(29)35-14-18(27(39,40)26(22,35)33-23)41-25(38)31-21(15-7-3-1-4-8-15)16-9-5-2-6-10-16/h1-10,17-18,21-22,39-40H,11-14H2,(H2,29,30)(H,31,38)(H3,28,32,33)/t17-,18-,22-,26-/m0/s1. The summed E-state index contributed by atoms with van der Waals surface area (Å²) in [6.07, 6.45) is -2.26. The van der Waals surface area contributed by atoms with Crippen molar-refractivity contribution in [1.82, 2.24) is 20.4 Å². The first-order valence-electron chi connectivity index (χ1n) is 13.2. The van der Waals surface area contributed by atoms with E-state index < -0.39 is 41.8 Å². The molecule has 2 fully saturated rings. The SMILES string of the molecule is NC1=N[C@H]2[C@H](CN3C(=O)CCC3=O)N=C(N)N3C[C@H](OC(=O)NC(c4ccccc4)c4ccccc4)C(O)(O)[C@]23N1. The summed E-state index contributed by atoms with van der Waals surface area (Å²) < 4.78 is 5.63. The minimum atomic E-state index is -2.77. The van der Waals surface area contributed by atoms with E-state index in [9.17, 15) is 24.6 Å². The fourth-order valence-corrected chi connectivity index (χ4v) is 6.12. The maximum Gasteiger partial charge on any atom is 0.408 e. The second-order valence-electron chi connectivity index (χ2n) is 10.4. The van der Waals surface area contributed by atoms with Crippen LogP contribution in [-0.4, -0.2) is 92.6 Å². The van der Waals surface area contributed by atoms with Gasteiger partial charge in [-0.1, -0.05) is 60.7 Å². The Labute approximate surface area is 234 Å². The predicted octanol–water partition coefficient (Wildman–Crippen LogP) is -1.30. The minimum Gasteiger partial charge on any atom is -0.438 e. The molecule has 4 aliphatic rings. The number of nitrogens with two attached hydrogens (primary N) is 2. The van der Waals surface area contributed by atoms with Gasteiger partial charge in [0.1, 0.15) is 6.04 Å². The third-order valence-electron chi connectivity index (χ3n) is 8.05. The number of benzene rings is 2. The number of nitrogens with zero attached hydrogens (tertiary/aromatic N) is 4. The number of amides is 3. The van der Waals surface area contributed by atoms with E-state index in [1.54, 1.807) is 0 Å². The first kappa shape index (κ1) is 26.5. The molecular weight excluding hydrogens is 532 g/mol. The molecule has 0 aromatic heterocycles. The Morgan fingerprint density at radius 3 is 2.20 bits per heavy atom. The minimum absolute atomic E-state index is 0.0816. The van der Waals surface area contributed by atoms with Gasteiger partial charge in [-0.25, -0.2) is 14.8 Å². The van der Waals surface area contributed by atoms with Crippen LogP contribution in [0.1, 0.15) is 30.0 Å². The lowest BCUT2D eigenvalue weighted by Crippen LogP contribution is -2.77. The highest BCUT2D eigenvalue weighted by atomic mass is 16.6. The maximum absolute atomic E-state index is 13.3. The van der Waals surface area contributed by atoms with Gasteiger partial charge >= 0.3 is 6.09 Å². The molecule has 4 atom stereocenters. The van der Waals surface area contributed by atoms with Crippen molar-refractivity contribution in [2.75, 3.05) is 13.1 Å². The van der Waals surface area contributed by atoms with Crippen LogP contribution in [0.25, 0.3) is 0 Å². The Morgan fingerprint density at radius 1 is 1.02 bits per heavy atom. The van der Waals surface area contributed by atoms with Gasteiger partial charge in [0.15, 0.2) is 23.7 Å². The maximum atomic E-state index is 13.3. The van der Waals surface area contributed by atoms with Crippen LogP contribution in [0.3, 0.4) is 0 Å². The first-order chi connectivity index (χ1) is 19.6. The monoisotopic (exact) mass is 562 g/mol. The van der Waals surface area contributed by atoms with Crippen molar-refractivity contribution < 1.29 is 29.3 Å². The molecule has 4 heterocycles. The number of aliphatic imine (C=N–C) groups is 2. The molecule has 2 aromatic carbocycles. The lowest BCUT2D eigenvalue weighted by Gasteiger charge is -2.48. The second kappa shape index (κ2) is 9.74. The third-order valence-corrected chi connectivity index (χ3v) is 8.05. The van der Waals surface area contributed by atoms with Crippen molar-refractivity contribution in [2.24, 2.45) is 21.5 Å². The molecule has 14 nitrogen and oxygen atoms in total. The highest BCUT2D eigenvalue weighted by Gasteiger charge is 2.74. The number of likely N-dealkylation sites (tertiary alicyclic amines) is 1. The molecular formula is C27H30N8O6. The van der Waals surface area contributed by atoms with Gasteiger partial charge < -0.3 is 42.0 Å². The number of guanidine groups is 2. The number of hydrogen-bond donors (Lipinski definition) is 6. The highest BCUT2D eigenvalue weighted by Crippen LogP contribution is 2.46. The fraction of sp³-hybridized carbons (Fsp3) is 0.370. The summed E-state index contributed by atoms with van der Waals surface area (Å²) in [5, 5.41) is 28.8. The van der Waals surface area contributed by atoms with Crippen LogP contribution in [0.4, 0.5) is 4.79 Å². The molecule has 3 amide bonds. The lowest BCUT2D eigenvalue weighted by molar-refractivity contribution is -0.256. The summed E-state index contributed by atoms with van der Waals surface area (Å²) in [7, 11) is 0. The largest absolute Gasteiger partial charge is 0.438 e. The number of alkyl carbamates (subject to hydrolysis) is 1. The number of hydrogen-bond acceptors (Lipinski definition) is 12. The predicted molar refractivity (Wildman–Crippen MR) is 145 cm³/mol. The van der Waals surface area contributed by atoms with E-state index in [1.807, 2.05) is 60.7 Å². The molecule has 14 heteroatoms. The molecule has 0 radical (unpaired) electrons. The molecule has 41 heavy (non-hydrogen) atoms. The smallest absolute Gasteiger partial charge is 0.408 e. The number of carbonyl (C=O) groups is 3. The van der Waals surface area contributed by atoms with Crippen LogP contribution in [-0.2, 0) is 14.3 Å². The highest BCUT2D eigenvalue weighted by molar-refractivity contribution is 6.02. The molecule has 0 saturated carbocycles. The van der Waals surface area contributed by atoms with E-state index in [-0.39, 0.29) is 49.7 Å². The topological polar surface area (TPSA) is 208 Å². The van der Waals surface area contributed by atoms with E-state index in [0.717, 1.165) is 16.0 Å². The zero-order chi connectivity index (χ0) is 28.9. The van der Waals surface area contributed by atoms with E-state index in [1.165, 1.54) is 4.90 Å². The molecule has 2 aromatic rings. The van der Waals surface area contributed by atoms with Gasteiger partial charge in [-0.3, -0.25) is 14.5 Å². The molecule has 0 aliphatic carbocycles. The summed E-state index contributed by atoms with van der Waals surface area (Å²) in [4.78, 5) is 49.0. The zero-order valence-electron chi connectivity index (χ0n) is 21.9. The van der Waals surface area contributed by atoms with Crippen LogP contribution >= 0.6 is 0 Å². The molecule has 6 rings (SSSR count). The Bertz CT molecular complexity index is 1380. The molecule has 4 aliphatic heterocycles. The van der Waals surface area contributed by atoms with Crippen molar-refractivity contribution >= 4 is 29.8 Å². The first-order valence-corrected chi connectivity index (χ1v) is 13.2. The molecule has 0 unspecified atom stereocenters. The molecule has 1 spiro atoms. The van der Waals surface area contributed by atoms with Gasteiger partial charge in [0, 0.05) is 12.8 Å². The van der Waals surface area contributed by atoms with Crippen molar-refractivity contribution in [1.29, 1.82) is 0 Å². The Morgan fingerprint density at radius 2 is 1.61 bits per heavy atom. The molecule has 2 saturated heterocycles. The van der Waals surface area contributed by atoms with E-state index in [0.29, 0.717) is 0 Å². The fourth-order valence-electron chi connectivity index (χ4n) is 6.12. The average Bonchev–Trinajstić information content (AvgIpc) is 3.55. The second-order valence-corrected chi connectivity index (χ2v) is 10.4. The summed E-state index contributed by atoms with van der Waals surface area (Å²) in [6.45, 7) is -0.424. The van der Waals surface area contributed by atoms with E-state index in [4.69, 9.17) is 16.2 Å². The van der Waals surface area contributed by atoms with Crippen molar-refractivity contribution in [3.63, 3.8) is 0 Å². The number of imide groups is 1. The number of nitrogens with one attached hydrogen (secondary N) is 2. The zero-order valence-corrected chi connectivity index (χ0v) is 21.9. The van der Waals surface area contributed by atoms with Gasteiger partial charge in [-0.05, 0) is 11.1 Å². The van der Waals surface area contributed by atoms with E-state index in [2.05, 4.69) is 20.6 Å². The Hall–Kier alpha value is -4.69.